The third-order valence-electron chi connectivity index (χ3n) is 5.43. The Kier molecular flexibility index (Phi) is 3.50. The summed E-state index contributed by atoms with van der Waals surface area (Å²) < 4.78 is 32.8. The van der Waals surface area contributed by atoms with Crippen LogP contribution < -0.4 is 0 Å². The zero-order valence-electron chi connectivity index (χ0n) is 14.5. The molecule has 26 heavy (non-hydrogen) atoms. The Bertz CT molecular complexity index is 1110. The Hall–Kier alpha value is -2.15. The second-order valence-corrected chi connectivity index (χ2v) is 9.00. The number of ether oxygens (including phenoxy) is 1. The molecule has 2 aliphatic heterocycles. The smallest absolute Gasteiger partial charge is 0.244 e. The van der Waals surface area contributed by atoms with Gasteiger partial charge in [-0.15, -0.1) is 0 Å². The molecule has 0 amide bonds. The summed E-state index contributed by atoms with van der Waals surface area (Å²) in [6.07, 6.45) is 2.76. The highest BCUT2D eigenvalue weighted by Gasteiger charge is 2.40. The van der Waals surface area contributed by atoms with Gasteiger partial charge in [0.2, 0.25) is 10.0 Å². The minimum absolute atomic E-state index is 0.0492. The number of nitrogens with zero attached hydrogens (tertiary/aromatic N) is 1. The number of aromatic nitrogens is 1. The van der Waals surface area contributed by atoms with Crippen LogP contribution in [0.2, 0.25) is 0 Å². The fourth-order valence-electron chi connectivity index (χ4n) is 4.05. The molecule has 5 nitrogen and oxygen atoms in total. The Morgan fingerprint density at radius 2 is 2.08 bits per heavy atom. The van der Waals surface area contributed by atoms with Crippen molar-refractivity contribution in [3.63, 3.8) is 0 Å². The number of aromatic amines is 1. The summed E-state index contributed by atoms with van der Waals surface area (Å²) in [6.45, 7) is 3.62. The maximum absolute atomic E-state index is 12.9. The first-order valence-corrected chi connectivity index (χ1v) is 10.3. The minimum Gasteiger partial charge on any atom is -0.380 e. The Balaban J connectivity index is 1.58. The first kappa shape index (κ1) is 16.1. The number of H-pyrrole nitrogens is 1. The topological polar surface area (TPSA) is 62.4 Å². The zero-order chi connectivity index (χ0) is 17.9. The van der Waals surface area contributed by atoms with Gasteiger partial charge < -0.3 is 9.72 Å². The van der Waals surface area contributed by atoms with Crippen molar-refractivity contribution in [1.29, 1.82) is 0 Å². The average molecular weight is 368 g/mol. The van der Waals surface area contributed by atoms with Gasteiger partial charge in [0.05, 0.1) is 17.5 Å². The number of nitrogens with one attached hydrogen (secondary N) is 1. The molecule has 1 atom stereocenters. The van der Waals surface area contributed by atoms with Crippen molar-refractivity contribution in [2.45, 2.75) is 30.8 Å². The van der Waals surface area contributed by atoms with Gasteiger partial charge in [0, 0.05) is 35.8 Å². The van der Waals surface area contributed by atoms with Crippen LogP contribution >= 0.6 is 0 Å². The number of hydrogen-bond acceptors (Lipinski definition) is 3. The van der Waals surface area contributed by atoms with Gasteiger partial charge in [-0.05, 0) is 48.2 Å². The second-order valence-electron chi connectivity index (χ2n) is 7.14. The van der Waals surface area contributed by atoms with Crippen molar-refractivity contribution in [3.8, 4) is 11.1 Å². The molecule has 1 aromatic heterocycles. The van der Waals surface area contributed by atoms with Gasteiger partial charge in [0.1, 0.15) is 0 Å². The molecule has 0 aliphatic carbocycles. The molecule has 134 valence electrons. The van der Waals surface area contributed by atoms with Crippen LogP contribution in [0.1, 0.15) is 17.5 Å². The Morgan fingerprint density at radius 3 is 2.88 bits per heavy atom. The largest absolute Gasteiger partial charge is 0.380 e. The summed E-state index contributed by atoms with van der Waals surface area (Å²) in [6, 6.07) is 12.0. The van der Waals surface area contributed by atoms with Crippen molar-refractivity contribution in [1.82, 2.24) is 9.29 Å². The molecule has 3 aromatic rings. The summed E-state index contributed by atoms with van der Waals surface area (Å²) in [5.74, 6) is 0. The molecule has 0 saturated carbocycles. The first-order chi connectivity index (χ1) is 12.5. The summed E-state index contributed by atoms with van der Waals surface area (Å²) in [5, 5.41) is 1.15. The highest BCUT2D eigenvalue weighted by atomic mass is 32.2. The van der Waals surface area contributed by atoms with E-state index in [1.807, 2.05) is 18.3 Å². The average Bonchev–Trinajstić information content (AvgIpc) is 3.32. The summed E-state index contributed by atoms with van der Waals surface area (Å²) >= 11 is 0. The first-order valence-electron chi connectivity index (χ1n) is 8.85. The maximum atomic E-state index is 12.9. The lowest BCUT2D eigenvalue weighted by Gasteiger charge is -2.20. The van der Waals surface area contributed by atoms with Crippen molar-refractivity contribution in [2.24, 2.45) is 0 Å². The van der Waals surface area contributed by atoms with E-state index in [0.717, 1.165) is 34.0 Å². The van der Waals surface area contributed by atoms with Crippen molar-refractivity contribution >= 4 is 20.9 Å². The number of sulfonamides is 1. The molecule has 0 radical (unpaired) electrons. The van der Waals surface area contributed by atoms with Gasteiger partial charge in [0.15, 0.2) is 0 Å². The van der Waals surface area contributed by atoms with E-state index in [0.29, 0.717) is 24.7 Å². The van der Waals surface area contributed by atoms with E-state index in [4.69, 9.17) is 4.74 Å². The van der Waals surface area contributed by atoms with Crippen molar-refractivity contribution in [2.75, 3.05) is 13.2 Å². The third kappa shape index (κ3) is 2.33. The van der Waals surface area contributed by atoms with Gasteiger partial charge in [-0.3, -0.25) is 0 Å². The third-order valence-corrected chi connectivity index (χ3v) is 7.43. The predicted octanol–water partition coefficient (Wildman–Crippen LogP) is 3.44. The Labute approximate surface area is 152 Å². The summed E-state index contributed by atoms with van der Waals surface area (Å²) in [4.78, 5) is 3.75. The molecule has 1 saturated heterocycles. The molecule has 1 unspecified atom stereocenters. The molecule has 1 N–H and O–H groups in total. The van der Waals surface area contributed by atoms with E-state index in [1.165, 1.54) is 5.56 Å². The molecule has 6 heteroatoms. The van der Waals surface area contributed by atoms with Gasteiger partial charge in [-0.2, -0.15) is 4.31 Å². The molecule has 3 heterocycles. The fraction of sp³-hybridized carbons (Fsp3) is 0.300. The van der Waals surface area contributed by atoms with Crippen LogP contribution in [-0.2, 0) is 21.3 Å². The SMILES string of the molecule is Cc1ccc2c(-c3ccc4c(c3)CN(C3CCOC3)S4(=O)=O)c[nH]c2c1. The van der Waals surface area contributed by atoms with E-state index < -0.39 is 10.0 Å². The van der Waals surface area contributed by atoms with Gasteiger partial charge in [0.25, 0.3) is 0 Å². The monoisotopic (exact) mass is 368 g/mol. The molecule has 5 rings (SSSR count). The molecule has 0 spiro atoms. The fourth-order valence-corrected chi connectivity index (χ4v) is 5.87. The van der Waals surface area contributed by atoms with E-state index >= 15 is 0 Å². The number of fused-ring (bicyclic) bond motifs is 2. The van der Waals surface area contributed by atoms with Gasteiger partial charge >= 0.3 is 0 Å². The minimum atomic E-state index is -3.42. The standard InChI is InChI=1S/C20H20N2O3S/c1-13-2-4-17-18(10-21-19(17)8-13)14-3-5-20-15(9-14)11-22(26(20,23)24)16-6-7-25-12-16/h2-5,8-10,16,21H,6-7,11-12H2,1H3. The lowest BCUT2D eigenvalue weighted by Crippen LogP contribution is -2.35. The van der Waals surface area contributed by atoms with Crippen LogP contribution in [0.5, 0.6) is 0 Å². The highest BCUT2D eigenvalue weighted by molar-refractivity contribution is 7.89. The number of benzene rings is 2. The molecule has 1 fully saturated rings. The highest BCUT2D eigenvalue weighted by Crippen LogP contribution is 2.37. The predicted molar refractivity (Wildman–Crippen MR) is 100 cm³/mol. The summed E-state index contributed by atoms with van der Waals surface area (Å²) in [5.41, 5.74) is 5.32. The van der Waals surface area contributed by atoms with Crippen molar-refractivity contribution in [3.05, 3.63) is 53.7 Å². The summed E-state index contributed by atoms with van der Waals surface area (Å²) in [7, 11) is -3.42. The van der Waals surface area contributed by atoms with Crippen LogP contribution in [0.3, 0.4) is 0 Å². The quantitative estimate of drug-likeness (QED) is 0.754. The lowest BCUT2D eigenvalue weighted by molar-refractivity contribution is 0.176. The molecule has 2 aliphatic rings. The van der Waals surface area contributed by atoms with Crippen molar-refractivity contribution < 1.29 is 13.2 Å². The number of rotatable bonds is 2. The van der Waals surface area contributed by atoms with E-state index in [1.54, 1.807) is 10.4 Å². The van der Waals surface area contributed by atoms with Gasteiger partial charge in [-0.1, -0.05) is 18.2 Å². The normalized spacial score (nSPS) is 22.1. The lowest BCUT2D eigenvalue weighted by atomic mass is 10.0. The van der Waals surface area contributed by atoms with Gasteiger partial charge in [-0.25, -0.2) is 8.42 Å². The van der Waals surface area contributed by atoms with Crippen LogP contribution in [0, 0.1) is 6.92 Å². The zero-order valence-corrected chi connectivity index (χ0v) is 15.3. The van der Waals surface area contributed by atoms with E-state index in [2.05, 4.69) is 30.1 Å². The van der Waals surface area contributed by atoms with Crippen LogP contribution in [-0.4, -0.2) is 37.0 Å². The van der Waals surface area contributed by atoms with Crippen LogP contribution in [0.25, 0.3) is 22.0 Å². The molecule has 0 bridgehead atoms. The van der Waals surface area contributed by atoms with E-state index in [9.17, 15) is 8.42 Å². The molecular weight excluding hydrogens is 348 g/mol. The second kappa shape index (κ2) is 5.67. The molecule has 2 aromatic carbocycles. The maximum Gasteiger partial charge on any atom is 0.244 e. The number of hydrogen-bond donors (Lipinski definition) is 1. The Morgan fingerprint density at radius 1 is 1.19 bits per heavy atom. The van der Waals surface area contributed by atoms with E-state index in [-0.39, 0.29) is 6.04 Å². The van der Waals surface area contributed by atoms with Crippen LogP contribution in [0.15, 0.2) is 47.5 Å². The molecular formula is C20H20N2O3S. The van der Waals surface area contributed by atoms with Crippen LogP contribution in [0.4, 0.5) is 0 Å². The number of aryl methyl sites for hydroxylation is 1.